The topological polar surface area (TPSA) is 300 Å². The van der Waals surface area contributed by atoms with Crippen LogP contribution in [-0.4, -0.2) is 184 Å². The lowest BCUT2D eigenvalue weighted by Gasteiger charge is -2.44. The van der Waals surface area contributed by atoms with Crippen LogP contribution in [0.2, 0.25) is 30.5 Å². The summed E-state index contributed by atoms with van der Waals surface area (Å²) in [4.78, 5) is 87.3. The van der Waals surface area contributed by atoms with E-state index >= 15 is 0 Å². The van der Waals surface area contributed by atoms with E-state index in [1.165, 1.54) is 74.0 Å². The maximum atomic E-state index is 14.4. The number of hydrogen-bond donors (Lipinski definition) is 3. The van der Waals surface area contributed by atoms with E-state index in [1.807, 2.05) is 37.5 Å². The molecule has 4 atom stereocenters. The summed E-state index contributed by atoms with van der Waals surface area (Å²) in [5.74, 6) is -0.196. The van der Waals surface area contributed by atoms with Gasteiger partial charge in [-0.05, 0) is 64.1 Å². The molecule has 3 N–H and O–H groups in total. The number of carbonyl (C=O) groups excluding carboxylic acids is 3. The highest BCUT2D eigenvalue weighted by atomic mass is 35.5. The number of hydrogen-bond acceptors (Lipinski definition) is 21. The first-order valence-corrected chi connectivity index (χ1v) is 33.8. The largest absolute Gasteiger partial charge is 0.434 e. The Bertz CT molecular complexity index is 5190. The molecule has 3 aromatic carbocycles. The van der Waals surface area contributed by atoms with Gasteiger partial charge in [-0.15, -0.1) is 0 Å². The SMILES string of the molecule is C=CC(=O)N1CCN(c2ncnc3c(Oc4c(Cl)c(F)cc5[nH]ncc45)nc(Cl)cc23)C[C@@H]1C.C=CC(=O)N1CCN(c2ncnc3c(Oc4c(Cl)c(F)cc5[nH]ncc45)nc(Cl)cc23)C[C@H]1C.C=CC(=O)N1C[C@H](C)N(c2ncnc3c(Oc4c(Cl)c(F)cc5[nH]ncc45)nc(Cl)cc23)C[C@H]1C. The summed E-state index contributed by atoms with van der Waals surface area (Å²) < 4.78 is 61.1. The van der Waals surface area contributed by atoms with Gasteiger partial charge in [-0.1, -0.05) is 89.3 Å². The summed E-state index contributed by atoms with van der Waals surface area (Å²) in [6.45, 7) is 22.9. The number of carbonyl (C=O) groups is 3. The Hall–Kier alpha value is -10.5. The number of fused-ring (bicyclic) bond motifs is 6. The highest BCUT2D eigenvalue weighted by Crippen LogP contribution is 2.45. The highest BCUT2D eigenvalue weighted by molar-refractivity contribution is 6.35. The molecule has 36 heteroatoms. The van der Waals surface area contributed by atoms with Gasteiger partial charge in [0.25, 0.3) is 0 Å². The molecule has 3 aliphatic rings. The first-order valence-electron chi connectivity index (χ1n) is 31.5. The number of piperazine rings is 3. The lowest BCUT2D eigenvalue weighted by Crippen LogP contribution is -2.58. The number of anilines is 3. The van der Waals surface area contributed by atoms with Gasteiger partial charge in [0.1, 0.15) is 101 Å². The van der Waals surface area contributed by atoms with E-state index in [-0.39, 0.29) is 107 Å². The molecule has 528 valence electrons. The Kier molecular flexibility index (Phi) is 20.3. The van der Waals surface area contributed by atoms with E-state index in [9.17, 15) is 27.6 Å². The first-order chi connectivity index (χ1) is 49.5. The molecular weight excluding hydrogens is 1460 g/mol. The van der Waals surface area contributed by atoms with E-state index in [0.717, 1.165) is 0 Å². The minimum absolute atomic E-state index is 0.0465. The number of halogens is 9. The average Bonchev–Trinajstić information content (AvgIpc) is 1.34. The number of aromatic nitrogens is 15. The summed E-state index contributed by atoms with van der Waals surface area (Å²) in [5, 5.41) is 22.9. The van der Waals surface area contributed by atoms with Crippen LogP contribution in [0.15, 0.2) is 112 Å². The van der Waals surface area contributed by atoms with Gasteiger partial charge in [-0.3, -0.25) is 29.7 Å². The quantitative estimate of drug-likeness (QED) is 0.0756. The third-order valence-electron chi connectivity index (χ3n) is 17.5. The molecule has 0 aliphatic carbocycles. The highest BCUT2D eigenvalue weighted by Gasteiger charge is 2.35. The van der Waals surface area contributed by atoms with Crippen LogP contribution in [0, 0.1) is 17.5 Å². The van der Waals surface area contributed by atoms with Crippen molar-refractivity contribution < 1.29 is 41.8 Å². The molecule has 0 bridgehead atoms. The predicted molar refractivity (Wildman–Crippen MR) is 386 cm³/mol. The van der Waals surface area contributed by atoms with Crippen molar-refractivity contribution in [1.29, 1.82) is 0 Å². The number of nitrogens with one attached hydrogen (secondary N) is 3. The van der Waals surface area contributed by atoms with Gasteiger partial charge in [0.15, 0.2) is 17.2 Å². The normalized spacial score (nSPS) is 17.0. The summed E-state index contributed by atoms with van der Waals surface area (Å²) in [6.07, 6.45) is 12.6. The second-order valence-corrected chi connectivity index (χ2v) is 26.2. The summed E-state index contributed by atoms with van der Waals surface area (Å²) in [7, 11) is 0. The summed E-state index contributed by atoms with van der Waals surface area (Å²) in [6, 6.07) is 8.41. The Morgan fingerprint density at radius 1 is 0.437 bits per heavy atom. The van der Waals surface area contributed by atoms with Gasteiger partial charge < -0.3 is 43.6 Å². The molecule has 0 saturated carbocycles. The van der Waals surface area contributed by atoms with Crippen LogP contribution in [0.25, 0.3) is 65.4 Å². The van der Waals surface area contributed by atoms with Crippen molar-refractivity contribution in [2.75, 3.05) is 67.1 Å². The van der Waals surface area contributed by atoms with Crippen molar-refractivity contribution in [2.45, 2.75) is 51.9 Å². The Labute approximate surface area is 612 Å². The van der Waals surface area contributed by atoms with Crippen LogP contribution in [0.3, 0.4) is 0 Å². The van der Waals surface area contributed by atoms with Gasteiger partial charge in [-0.25, -0.2) is 43.1 Å². The fourth-order valence-electron chi connectivity index (χ4n) is 12.6. The van der Waals surface area contributed by atoms with Crippen LogP contribution in [0.4, 0.5) is 30.6 Å². The molecule has 27 nitrogen and oxygen atoms in total. The third kappa shape index (κ3) is 13.9. The Balaban J connectivity index is 0.000000138. The number of rotatable bonds is 12. The molecule has 0 spiro atoms. The van der Waals surface area contributed by atoms with Gasteiger partial charge in [0.2, 0.25) is 35.4 Å². The standard InChI is InChI=1S/C23H20Cl2FN7O2.2C22H18Cl2FN7O2/c1-4-18(34)32-8-12(3)33(9-11(32)2)22-13-5-17(24)30-23(20(13)27-10-28-22)35-21-14-7-29-31-16(14)6-15(26)19(21)25;2*1-3-17(33)32-5-4-31(9-11(32)2)21-12-6-16(23)29-22(19(12)26-10-27-21)34-20-13-8-28-30-15(13)7-14(25)18(20)24/h4-7,10-12H,1,8-9H2,2-3H3,(H,29,31);2*3,6-8,10-11H,1,4-5,9H2,2H3,(H,28,30)/t11-,12+;2*11-/m110/s1. The van der Waals surface area contributed by atoms with Crippen LogP contribution in [-0.2, 0) is 14.4 Å². The van der Waals surface area contributed by atoms with Crippen molar-refractivity contribution in [3.63, 3.8) is 0 Å². The Morgan fingerprint density at radius 2 is 0.767 bits per heavy atom. The molecule has 103 heavy (non-hydrogen) atoms. The zero-order valence-electron chi connectivity index (χ0n) is 54.6. The maximum Gasteiger partial charge on any atom is 0.247 e. The number of nitrogens with zero attached hydrogens (tertiary/aromatic N) is 18. The maximum absolute atomic E-state index is 14.4. The molecule has 3 fully saturated rings. The lowest BCUT2D eigenvalue weighted by atomic mass is 10.1. The van der Waals surface area contributed by atoms with Crippen molar-refractivity contribution >= 4 is 170 Å². The van der Waals surface area contributed by atoms with Crippen LogP contribution >= 0.6 is 69.6 Å². The number of H-pyrrole nitrogens is 3. The monoisotopic (exact) mass is 1520 g/mol. The zero-order chi connectivity index (χ0) is 72.8. The molecule has 0 unspecified atom stereocenters. The molecule has 12 heterocycles. The molecule has 0 radical (unpaired) electrons. The van der Waals surface area contributed by atoms with E-state index in [2.05, 4.69) is 100 Å². The van der Waals surface area contributed by atoms with Gasteiger partial charge in [0.05, 0.1) is 67.5 Å². The number of benzene rings is 3. The Morgan fingerprint density at radius 3 is 1.12 bits per heavy atom. The van der Waals surface area contributed by atoms with Crippen molar-refractivity contribution in [3.8, 4) is 34.9 Å². The van der Waals surface area contributed by atoms with Crippen LogP contribution in [0.1, 0.15) is 27.7 Å². The van der Waals surface area contributed by atoms with Gasteiger partial charge >= 0.3 is 0 Å². The fraction of sp³-hybridized carbons (Fsp3) is 0.239. The predicted octanol–water partition coefficient (Wildman–Crippen LogP) is 13.5. The van der Waals surface area contributed by atoms with E-state index in [1.54, 1.807) is 32.9 Å². The van der Waals surface area contributed by atoms with Gasteiger partial charge in [0, 0.05) is 94.7 Å². The smallest absolute Gasteiger partial charge is 0.247 e. The average molecular weight is 1520 g/mol. The van der Waals surface area contributed by atoms with E-state index in [0.29, 0.717) is 135 Å². The first kappa shape index (κ1) is 70.9. The molecule has 3 saturated heterocycles. The zero-order valence-corrected chi connectivity index (χ0v) is 59.2. The van der Waals surface area contributed by atoms with Crippen LogP contribution in [0.5, 0.6) is 34.9 Å². The summed E-state index contributed by atoms with van der Waals surface area (Å²) >= 11 is 37.7. The third-order valence-corrected chi connectivity index (χ3v) is 19.1. The molecule has 12 aromatic rings. The van der Waals surface area contributed by atoms with Crippen LogP contribution < -0.4 is 28.9 Å². The number of aromatic amines is 3. The van der Waals surface area contributed by atoms with Crippen molar-refractivity contribution in [2.24, 2.45) is 0 Å². The number of ether oxygens (including phenoxy) is 3. The summed E-state index contributed by atoms with van der Waals surface area (Å²) in [5.41, 5.74) is 2.38. The molecular formula is C67H56Cl6F3N21O6. The number of pyridine rings is 3. The van der Waals surface area contributed by atoms with Crippen molar-refractivity contribution in [1.82, 2.24) is 90.1 Å². The molecule has 9 aromatic heterocycles. The van der Waals surface area contributed by atoms with Gasteiger partial charge in [-0.2, -0.15) is 30.2 Å². The van der Waals surface area contributed by atoms with E-state index < -0.39 is 17.5 Å². The molecule has 3 amide bonds. The minimum atomic E-state index is -0.671. The van der Waals surface area contributed by atoms with Crippen molar-refractivity contribution in [3.05, 3.63) is 160 Å². The minimum Gasteiger partial charge on any atom is -0.434 e. The second kappa shape index (κ2) is 29.5. The number of amides is 3. The molecule has 3 aliphatic heterocycles. The fourth-order valence-corrected chi connectivity index (χ4v) is 13.7. The lowest BCUT2D eigenvalue weighted by molar-refractivity contribution is -0.129. The second-order valence-electron chi connectivity index (χ2n) is 23.9. The van der Waals surface area contributed by atoms with E-state index in [4.69, 9.17) is 83.8 Å². The molecule has 15 rings (SSSR count).